The second-order valence-corrected chi connectivity index (χ2v) is 8.41. The minimum atomic E-state index is 0.634. The molecule has 3 nitrogen and oxygen atoms in total. The third-order valence-electron chi connectivity index (χ3n) is 5.32. The summed E-state index contributed by atoms with van der Waals surface area (Å²) in [7, 11) is 0. The van der Waals surface area contributed by atoms with Crippen LogP contribution < -0.4 is 0 Å². The van der Waals surface area contributed by atoms with Crippen molar-refractivity contribution in [2.24, 2.45) is 0 Å². The van der Waals surface area contributed by atoms with Gasteiger partial charge in [0, 0.05) is 22.0 Å². The van der Waals surface area contributed by atoms with Crippen LogP contribution in [0.5, 0.6) is 0 Å². The maximum absolute atomic E-state index is 4.51. The second-order valence-electron chi connectivity index (χ2n) is 6.95. The molecule has 0 saturated heterocycles. The lowest BCUT2D eigenvalue weighted by atomic mass is 10.0. The third kappa shape index (κ3) is 2.62. The van der Waals surface area contributed by atoms with Gasteiger partial charge in [-0.05, 0) is 74.6 Å². The zero-order chi connectivity index (χ0) is 19.4. The molecule has 138 valence electrons. The molecule has 0 aliphatic carbocycles. The molecule has 6 rings (SSSR count). The molecule has 0 N–H and O–H groups in total. The van der Waals surface area contributed by atoms with Crippen LogP contribution in [0.15, 0.2) is 89.7 Å². The Bertz CT molecular complexity index is 1520. The maximum Gasteiger partial charge on any atom is 0.209 e. The minimum absolute atomic E-state index is 0.634. The van der Waals surface area contributed by atoms with Crippen LogP contribution in [0.3, 0.4) is 0 Å². The van der Waals surface area contributed by atoms with Crippen LogP contribution in [-0.2, 0) is 0 Å². The highest BCUT2D eigenvalue weighted by molar-refractivity contribution is 9.10. The quantitative estimate of drug-likeness (QED) is 0.276. The number of hydrogen-bond donors (Lipinski definition) is 0. The lowest BCUT2D eigenvalue weighted by molar-refractivity contribution is 1.18. The van der Waals surface area contributed by atoms with Gasteiger partial charge in [0.25, 0.3) is 0 Å². The van der Waals surface area contributed by atoms with Gasteiger partial charge >= 0.3 is 0 Å². The van der Waals surface area contributed by atoms with Crippen molar-refractivity contribution >= 4 is 60.0 Å². The highest BCUT2D eigenvalue weighted by Crippen LogP contribution is 2.38. The van der Waals surface area contributed by atoms with Crippen LogP contribution in [0.2, 0.25) is 0 Å². The molecule has 0 bridgehead atoms. The van der Waals surface area contributed by atoms with Crippen molar-refractivity contribution in [3.63, 3.8) is 0 Å². The summed E-state index contributed by atoms with van der Waals surface area (Å²) < 4.78 is 7.26. The number of fused-ring (bicyclic) bond motifs is 5. The maximum atomic E-state index is 4.51. The largest absolute Gasteiger partial charge is 0.309 e. The van der Waals surface area contributed by atoms with Gasteiger partial charge in [-0.15, -0.1) is 0 Å². The van der Waals surface area contributed by atoms with E-state index in [0.29, 0.717) is 4.73 Å². The molecule has 0 unspecified atom stereocenters. The number of benzene rings is 4. The van der Waals surface area contributed by atoms with Crippen LogP contribution in [0.1, 0.15) is 0 Å². The normalized spacial score (nSPS) is 11.6. The van der Waals surface area contributed by atoms with E-state index in [1.165, 1.54) is 44.1 Å². The van der Waals surface area contributed by atoms with Gasteiger partial charge < -0.3 is 4.57 Å². The van der Waals surface area contributed by atoms with E-state index in [9.17, 15) is 0 Å². The van der Waals surface area contributed by atoms with Crippen LogP contribution in [-0.4, -0.2) is 13.9 Å². The summed E-state index contributed by atoms with van der Waals surface area (Å²) in [4.78, 5) is 4.51. The molecule has 0 aliphatic heterocycles. The first-order valence-electron chi connectivity index (χ1n) is 9.30. The van der Waals surface area contributed by atoms with Gasteiger partial charge in [0.15, 0.2) is 0 Å². The molecule has 0 spiro atoms. The van der Waals surface area contributed by atoms with Gasteiger partial charge in [-0.2, -0.15) is 4.37 Å². The molecule has 0 amide bonds. The molecule has 2 aromatic heterocycles. The Balaban J connectivity index is 1.79. The SMILES string of the molecule is Brc1nsc(-c2ccc3c(c2)c2c4ccccc4ccc2n3-c2ccccc2)n1. The Hall–Kier alpha value is -3.02. The first-order chi connectivity index (χ1) is 14.3. The lowest BCUT2D eigenvalue weighted by Gasteiger charge is -2.08. The molecule has 0 radical (unpaired) electrons. The highest BCUT2D eigenvalue weighted by atomic mass is 79.9. The first kappa shape index (κ1) is 16.9. The summed E-state index contributed by atoms with van der Waals surface area (Å²) in [5.41, 5.74) is 4.64. The zero-order valence-electron chi connectivity index (χ0n) is 15.2. The Kier molecular flexibility index (Phi) is 3.79. The van der Waals surface area contributed by atoms with Gasteiger partial charge in [-0.3, -0.25) is 0 Å². The van der Waals surface area contributed by atoms with E-state index in [2.05, 4.69) is 115 Å². The molecule has 0 saturated carbocycles. The molecular formula is C24H14BrN3S. The highest BCUT2D eigenvalue weighted by Gasteiger charge is 2.16. The van der Waals surface area contributed by atoms with E-state index in [0.717, 1.165) is 16.3 Å². The molecule has 0 aliphatic rings. The van der Waals surface area contributed by atoms with Crippen molar-refractivity contribution in [3.8, 4) is 16.3 Å². The monoisotopic (exact) mass is 455 g/mol. The number of hydrogen-bond acceptors (Lipinski definition) is 3. The molecule has 0 fully saturated rings. The fraction of sp³-hybridized carbons (Fsp3) is 0. The van der Waals surface area contributed by atoms with Crippen molar-refractivity contribution in [1.29, 1.82) is 0 Å². The van der Waals surface area contributed by atoms with Crippen LogP contribution in [0.4, 0.5) is 0 Å². The zero-order valence-corrected chi connectivity index (χ0v) is 17.6. The van der Waals surface area contributed by atoms with E-state index < -0.39 is 0 Å². The topological polar surface area (TPSA) is 30.7 Å². The van der Waals surface area contributed by atoms with E-state index >= 15 is 0 Å². The Morgan fingerprint density at radius 3 is 2.38 bits per heavy atom. The van der Waals surface area contributed by atoms with Crippen molar-refractivity contribution < 1.29 is 0 Å². The van der Waals surface area contributed by atoms with Crippen molar-refractivity contribution in [3.05, 3.63) is 89.7 Å². The molecule has 2 heterocycles. The third-order valence-corrected chi connectivity index (χ3v) is 6.67. The second kappa shape index (κ2) is 6.51. The summed E-state index contributed by atoms with van der Waals surface area (Å²) >= 11 is 4.78. The summed E-state index contributed by atoms with van der Waals surface area (Å²) in [6.07, 6.45) is 0. The van der Waals surface area contributed by atoms with Crippen LogP contribution in [0, 0.1) is 0 Å². The number of nitrogens with zero attached hydrogens (tertiary/aromatic N) is 3. The molecule has 29 heavy (non-hydrogen) atoms. The Labute approximate surface area is 179 Å². The standard InChI is InChI=1S/C24H14BrN3S/c25-24-26-23(29-27-24)16-11-12-20-19(14-16)22-18-9-5-4-6-15(18)10-13-21(22)28(20)17-7-2-1-3-8-17/h1-14H. The van der Waals surface area contributed by atoms with Gasteiger partial charge in [0.2, 0.25) is 4.73 Å². The number of para-hydroxylation sites is 1. The minimum Gasteiger partial charge on any atom is -0.309 e. The first-order valence-corrected chi connectivity index (χ1v) is 10.9. The predicted molar refractivity (Wildman–Crippen MR) is 125 cm³/mol. The van der Waals surface area contributed by atoms with Gasteiger partial charge in [0.05, 0.1) is 11.0 Å². The Morgan fingerprint density at radius 1 is 0.759 bits per heavy atom. The van der Waals surface area contributed by atoms with Crippen molar-refractivity contribution in [2.45, 2.75) is 0 Å². The summed E-state index contributed by atoms with van der Waals surface area (Å²) in [5.74, 6) is 0. The van der Waals surface area contributed by atoms with E-state index in [-0.39, 0.29) is 0 Å². The lowest BCUT2D eigenvalue weighted by Crippen LogP contribution is -1.93. The fourth-order valence-corrected chi connectivity index (χ4v) is 5.18. The number of halogens is 1. The molecule has 5 heteroatoms. The molecular weight excluding hydrogens is 442 g/mol. The predicted octanol–water partition coefficient (Wildman–Crippen LogP) is 7.22. The van der Waals surface area contributed by atoms with E-state index in [4.69, 9.17) is 0 Å². The molecule has 0 atom stereocenters. The van der Waals surface area contributed by atoms with Crippen molar-refractivity contribution in [1.82, 2.24) is 13.9 Å². The van der Waals surface area contributed by atoms with Gasteiger partial charge in [-0.1, -0.05) is 48.5 Å². The molecule has 4 aromatic carbocycles. The van der Waals surface area contributed by atoms with E-state index in [1.54, 1.807) is 0 Å². The summed E-state index contributed by atoms with van der Waals surface area (Å²) in [6, 6.07) is 30.1. The fourth-order valence-electron chi connectivity index (χ4n) is 4.10. The molecule has 6 aromatic rings. The van der Waals surface area contributed by atoms with Crippen LogP contribution in [0.25, 0.3) is 48.8 Å². The average Bonchev–Trinajstić information content (AvgIpc) is 3.35. The van der Waals surface area contributed by atoms with Crippen molar-refractivity contribution in [2.75, 3.05) is 0 Å². The summed E-state index contributed by atoms with van der Waals surface area (Å²) in [5, 5.41) is 5.92. The number of rotatable bonds is 2. The van der Waals surface area contributed by atoms with Crippen LogP contribution >= 0.6 is 27.5 Å². The number of aromatic nitrogens is 3. The smallest absolute Gasteiger partial charge is 0.209 e. The summed E-state index contributed by atoms with van der Waals surface area (Å²) in [6.45, 7) is 0. The van der Waals surface area contributed by atoms with E-state index in [1.807, 2.05) is 0 Å². The average molecular weight is 456 g/mol. The Morgan fingerprint density at radius 2 is 1.55 bits per heavy atom. The van der Waals surface area contributed by atoms with Gasteiger partial charge in [0.1, 0.15) is 5.01 Å². The van der Waals surface area contributed by atoms with Gasteiger partial charge in [-0.25, -0.2) is 4.98 Å².